The summed E-state index contributed by atoms with van der Waals surface area (Å²) in [6.07, 6.45) is 2.14. The van der Waals surface area contributed by atoms with Crippen LogP contribution in [0, 0.1) is 0 Å². The lowest BCUT2D eigenvalue weighted by molar-refractivity contribution is -0.536. The van der Waals surface area contributed by atoms with Gasteiger partial charge in [-0.05, 0) is 19.9 Å². The predicted octanol–water partition coefficient (Wildman–Crippen LogP) is 0.518. The van der Waals surface area contributed by atoms with E-state index in [0.29, 0.717) is 19.6 Å². The van der Waals surface area contributed by atoms with E-state index in [2.05, 4.69) is 5.32 Å². The van der Waals surface area contributed by atoms with Crippen LogP contribution >= 0.6 is 0 Å². The average molecular weight is 348 g/mol. The number of pyridine rings is 1. The number of nitrogens with one attached hydrogen (secondary N) is 1. The number of halogens is 1. The first-order valence-electron chi connectivity index (χ1n) is 8.13. The maximum Gasteiger partial charge on any atom is 0.341 e. The smallest absolute Gasteiger partial charge is 0.341 e. The Labute approximate surface area is 143 Å². The molecule has 2 heterocycles. The van der Waals surface area contributed by atoms with Gasteiger partial charge in [0.2, 0.25) is 5.43 Å². The first kappa shape index (κ1) is 17.2. The molecule has 1 aromatic heterocycles. The number of carboxylic acids is 1. The highest BCUT2D eigenvalue weighted by Gasteiger charge is 2.39. The van der Waals surface area contributed by atoms with Crippen molar-refractivity contribution >= 4 is 23.5 Å². The highest BCUT2D eigenvalue weighted by molar-refractivity contribution is 6.51. The van der Waals surface area contributed by atoms with Crippen LogP contribution in [0.2, 0.25) is 0 Å². The molecule has 0 radical (unpaired) electrons. The molecule has 25 heavy (non-hydrogen) atoms. The molecule has 3 rings (SSSR count). The Kier molecular flexibility index (Phi) is 4.38. The third-order valence-corrected chi connectivity index (χ3v) is 4.50. The van der Waals surface area contributed by atoms with Crippen LogP contribution in [0.15, 0.2) is 16.8 Å². The van der Waals surface area contributed by atoms with Crippen LogP contribution in [0.25, 0.3) is 6.08 Å². The summed E-state index contributed by atoms with van der Waals surface area (Å²) in [6, 6.07) is 0.103. The van der Waals surface area contributed by atoms with Crippen molar-refractivity contribution in [1.29, 1.82) is 0 Å². The zero-order chi connectivity index (χ0) is 18.3. The Morgan fingerprint density at radius 3 is 2.80 bits per heavy atom. The molecule has 0 spiro atoms. The normalized spacial score (nSPS) is 23.2. The number of hydrogen-bond acceptors (Lipinski definition) is 4. The molecule has 0 bridgehead atoms. The number of carboxylic acid groups (broad SMARTS) is 1. The van der Waals surface area contributed by atoms with E-state index in [9.17, 15) is 23.9 Å². The molecule has 1 fully saturated rings. The van der Waals surface area contributed by atoms with Crippen molar-refractivity contribution in [2.24, 2.45) is 0 Å². The van der Waals surface area contributed by atoms with Gasteiger partial charge in [0.25, 0.3) is 11.5 Å². The molecule has 1 aliphatic heterocycles. The molecule has 1 saturated heterocycles. The fraction of sp³-hybridized carbons (Fsp3) is 0.412. The molecule has 1 unspecified atom stereocenters. The van der Waals surface area contributed by atoms with Crippen LogP contribution in [0.4, 0.5) is 4.39 Å². The Hall–Kier alpha value is -2.61. The third-order valence-electron chi connectivity index (χ3n) is 4.50. The first-order chi connectivity index (χ1) is 11.8. The van der Waals surface area contributed by atoms with Gasteiger partial charge < -0.3 is 15.0 Å². The second kappa shape index (κ2) is 6.36. The number of fused-ring (bicyclic) bond motifs is 1. The number of hydrogen-bond donors (Lipinski definition) is 2. The Bertz CT molecular complexity index is 898. The molecule has 1 aliphatic carbocycles. The van der Waals surface area contributed by atoms with E-state index in [-0.39, 0.29) is 29.6 Å². The minimum Gasteiger partial charge on any atom is -0.477 e. The summed E-state index contributed by atoms with van der Waals surface area (Å²) in [4.78, 5) is 36.6. The van der Waals surface area contributed by atoms with Crippen LogP contribution in [0.5, 0.6) is 0 Å². The number of aromatic nitrogens is 1. The maximum atomic E-state index is 14.7. The number of Topliss-reactive ketones (excluding diaryl/α,β-unsaturated/α-hetero) is 1. The fourth-order valence-corrected chi connectivity index (χ4v) is 3.32. The van der Waals surface area contributed by atoms with E-state index in [1.165, 1.54) is 4.57 Å². The average Bonchev–Trinajstić information content (AvgIpc) is 2.55. The van der Waals surface area contributed by atoms with Gasteiger partial charge in [0.1, 0.15) is 11.3 Å². The van der Waals surface area contributed by atoms with Crippen LogP contribution in [-0.2, 0) is 6.54 Å². The van der Waals surface area contributed by atoms with Crippen molar-refractivity contribution in [2.45, 2.75) is 26.4 Å². The van der Waals surface area contributed by atoms with Crippen LogP contribution in [0.3, 0.4) is 0 Å². The highest BCUT2D eigenvalue weighted by atomic mass is 19.1. The summed E-state index contributed by atoms with van der Waals surface area (Å²) in [7, 11) is 0. The lowest BCUT2D eigenvalue weighted by Crippen LogP contribution is -2.49. The van der Waals surface area contributed by atoms with Gasteiger partial charge in [-0.15, -0.1) is 0 Å². The van der Waals surface area contributed by atoms with Gasteiger partial charge in [0.15, 0.2) is 18.9 Å². The van der Waals surface area contributed by atoms with Gasteiger partial charge in [0, 0.05) is 12.7 Å². The maximum absolute atomic E-state index is 14.7. The summed E-state index contributed by atoms with van der Waals surface area (Å²) in [6.45, 7) is 5.53. The van der Waals surface area contributed by atoms with E-state index >= 15 is 0 Å². The molecule has 1 aromatic rings. The lowest BCUT2D eigenvalue weighted by Gasteiger charge is -2.22. The van der Waals surface area contributed by atoms with Crippen LogP contribution < -0.4 is 10.7 Å². The second-order valence-corrected chi connectivity index (χ2v) is 6.20. The Morgan fingerprint density at radius 1 is 1.48 bits per heavy atom. The second-order valence-electron chi connectivity index (χ2n) is 6.20. The fourth-order valence-electron chi connectivity index (χ4n) is 3.32. The number of aryl methyl sites for hydroxylation is 1. The van der Waals surface area contributed by atoms with E-state index in [1.807, 2.05) is 6.92 Å². The van der Waals surface area contributed by atoms with Gasteiger partial charge in [-0.1, -0.05) is 0 Å². The highest BCUT2D eigenvalue weighted by Crippen LogP contribution is 2.22. The molecular weight excluding hydrogens is 329 g/mol. The molecule has 2 N–H and O–H groups in total. The van der Waals surface area contributed by atoms with Crippen molar-refractivity contribution in [3.63, 3.8) is 0 Å². The van der Waals surface area contributed by atoms with E-state index in [0.717, 1.165) is 12.3 Å². The van der Waals surface area contributed by atoms with Gasteiger partial charge in [0.05, 0.1) is 18.2 Å². The summed E-state index contributed by atoms with van der Waals surface area (Å²) in [5.41, 5.74) is -1.54. The van der Waals surface area contributed by atoms with Gasteiger partial charge in [-0.3, -0.25) is 9.59 Å². The topological polar surface area (TPSA) is 91.4 Å². The lowest BCUT2D eigenvalue weighted by atomic mass is 9.95. The monoisotopic (exact) mass is 348 g/mol. The van der Waals surface area contributed by atoms with Gasteiger partial charge in [-0.25, -0.2) is 9.37 Å². The van der Waals surface area contributed by atoms with E-state index < -0.39 is 28.6 Å². The van der Waals surface area contributed by atoms with Crippen molar-refractivity contribution < 1.29 is 23.7 Å². The largest absolute Gasteiger partial charge is 0.477 e. The molecule has 8 heteroatoms. The first-order valence-corrected chi connectivity index (χ1v) is 8.13. The van der Waals surface area contributed by atoms with Crippen LogP contribution in [0.1, 0.15) is 40.3 Å². The predicted molar refractivity (Wildman–Crippen MR) is 89.2 cm³/mol. The molecule has 7 nitrogen and oxygen atoms in total. The van der Waals surface area contributed by atoms with Crippen molar-refractivity contribution in [3.05, 3.63) is 39.1 Å². The van der Waals surface area contributed by atoms with Crippen LogP contribution in [-0.4, -0.2) is 57.4 Å². The third kappa shape index (κ3) is 2.82. The molecule has 0 saturated carbocycles. The minimum atomic E-state index is -1.40. The minimum absolute atomic E-state index is 0.0417. The molecule has 2 aliphatic rings. The number of ketones is 1. The van der Waals surface area contributed by atoms with Crippen molar-refractivity contribution in [3.8, 4) is 0 Å². The van der Waals surface area contributed by atoms with Crippen molar-refractivity contribution in [2.75, 3.05) is 19.6 Å². The van der Waals surface area contributed by atoms with Gasteiger partial charge >= 0.3 is 5.97 Å². The summed E-state index contributed by atoms with van der Waals surface area (Å²) in [5.74, 6) is -2.78. The quantitative estimate of drug-likeness (QED) is 0.761. The zero-order valence-electron chi connectivity index (χ0n) is 14.0. The zero-order valence-corrected chi connectivity index (χ0v) is 14.0. The summed E-state index contributed by atoms with van der Waals surface area (Å²) < 4.78 is 17.8. The molecular formula is C17H19FN3O4+. The standard InChI is InChI=1S/C17H18FN3O4/c1-3-20-8-11(17(24)25)15(22)10-6-12(18)14(16(23)13(10)20)21-5-4-19-9(2)7-21/h6,8-9,19H,3-5,7H2,1-2H3/p+1. The molecule has 0 amide bonds. The van der Waals surface area contributed by atoms with Crippen molar-refractivity contribution in [1.82, 2.24) is 9.88 Å². The number of rotatable bonds is 2. The Morgan fingerprint density at radius 2 is 2.20 bits per heavy atom. The molecule has 0 aromatic carbocycles. The molecule has 132 valence electrons. The number of carbonyl (C=O) groups excluding carboxylic acids is 1. The number of piperazine rings is 1. The summed E-state index contributed by atoms with van der Waals surface area (Å²) >= 11 is 0. The number of nitrogens with zero attached hydrogens (tertiary/aromatic N) is 2. The summed E-state index contributed by atoms with van der Waals surface area (Å²) in [5, 5.41) is 12.4. The SMILES string of the molecule is CCn1cc(C(=O)O)c(=O)c2c1C(=O)C(=[N+]1CCNC(C)C1)C(F)=C2. The van der Waals surface area contributed by atoms with E-state index in [1.54, 1.807) is 11.5 Å². The Balaban J connectivity index is 2.26. The number of aromatic carboxylic acids is 1. The van der Waals surface area contributed by atoms with Gasteiger partial charge in [-0.2, -0.15) is 4.39 Å². The van der Waals surface area contributed by atoms with E-state index in [4.69, 9.17) is 0 Å². The molecule has 1 atom stereocenters. The number of carbonyl (C=O) groups is 2. The number of allylic oxidation sites excluding steroid dienone is 1.